The molecule has 0 aromatic heterocycles. The second kappa shape index (κ2) is 33.1. The summed E-state index contributed by atoms with van der Waals surface area (Å²) < 4.78 is 0. The van der Waals surface area contributed by atoms with Crippen molar-refractivity contribution in [2.75, 3.05) is 6.61 Å². The number of nitrogens with one attached hydrogen (secondary N) is 1. The number of rotatable bonds is 31. The highest BCUT2D eigenvalue weighted by Crippen LogP contribution is 2.13. The lowest BCUT2D eigenvalue weighted by Gasteiger charge is -2.20. The minimum absolute atomic E-state index is 0.0738. The van der Waals surface area contributed by atoms with Gasteiger partial charge in [-0.1, -0.05) is 153 Å². The highest BCUT2D eigenvalue weighted by Gasteiger charge is 2.17. The molecule has 41 heavy (non-hydrogen) atoms. The van der Waals surface area contributed by atoms with E-state index in [2.05, 4.69) is 43.5 Å². The second-order valence-corrected chi connectivity index (χ2v) is 11.9. The lowest BCUT2D eigenvalue weighted by molar-refractivity contribution is -0.123. The summed E-state index contributed by atoms with van der Waals surface area (Å²) in [6.45, 7) is 4.21. The van der Waals surface area contributed by atoms with Crippen molar-refractivity contribution in [1.29, 1.82) is 0 Å². The summed E-state index contributed by atoms with van der Waals surface area (Å²) in [5, 5.41) is 22.6. The van der Waals surface area contributed by atoms with Gasteiger partial charge in [-0.05, 0) is 51.4 Å². The number of amides is 1. The summed E-state index contributed by atoms with van der Waals surface area (Å²) in [7, 11) is 0. The SMILES string of the molecule is CCCCCC/C=C/C(O)C(CO)NC(=O)CCCCCCCCCCCCC/C=C\C/C=C\CCCCCCC. The summed E-state index contributed by atoms with van der Waals surface area (Å²) >= 11 is 0. The van der Waals surface area contributed by atoms with E-state index in [9.17, 15) is 15.0 Å². The van der Waals surface area contributed by atoms with Crippen molar-refractivity contribution in [2.24, 2.45) is 0 Å². The zero-order valence-corrected chi connectivity index (χ0v) is 27.3. The minimum atomic E-state index is -0.834. The van der Waals surface area contributed by atoms with E-state index < -0.39 is 12.1 Å². The summed E-state index contributed by atoms with van der Waals surface area (Å²) in [6, 6.07) is -0.618. The molecule has 1 amide bonds. The van der Waals surface area contributed by atoms with Crippen LogP contribution in [0.5, 0.6) is 0 Å². The van der Waals surface area contributed by atoms with Gasteiger partial charge in [0.2, 0.25) is 5.91 Å². The number of allylic oxidation sites excluding steroid dienone is 5. The molecule has 4 nitrogen and oxygen atoms in total. The number of carbonyl (C=O) groups is 1. The third-order valence-electron chi connectivity index (χ3n) is 7.87. The zero-order chi connectivity index (χ0) is 30.1. The van der Waals surface area contributed by atoms with Gasteiger partial charge in [-0.25, -0.2) is 0 Å². The molecule has 0 fully saturated rings. The van der Waals surface area contributed by atoms with Crippen LogP contribution in [-0.2, 0) is 4.79 Å². The molecule has 0 bridgehead atoms. The fourth-order valence-electron chi connectivity index (χ4n) is 5.09. The first-order valence-corrected chi connectivity index (χ1v) is 17.7. The molecule has 2 atom stereocenters. The van der Waals surface area contributed by atoms with Crippen LogP contribution in [0.15, 0.2) is 36.5 Å². The van der Waals surface area contributed by atoms with Crippen molar-refractivity contribution in [3.05, 3.63) is 36.5 Å². The van der Waals surface area contributed by atoms with E-state index in [-0.39, 0.29) is 12.5 Å². The fourth-order valence-corrected chi connectivity index (χ4v) is 5.09. The van der Waals surface area contributed by atoms with Crippen molar-refractivity contribution >= 4 is 5.91 Å². The summed E-state index contributed by atoms with van der Waals surface area (Å²) in [5.41, 5.74) is 0. The first kappa shape index (κ1) is 39.6. The Morgan fingerprint density at radius 1 is 0.585 bits per heavy atom. The second-order valence-electron chi connectivity index (χ2n) is 11.9. The minimum Gasteiger partial charge on any atom is -0.394 e. The van der Waals surface area contributed by atoms with Crippen LogP contribution in [0.25, 0.3) is 0 Å². The summed E-state index contributed by atoms with van der Waals surface area (Å²) in [6.07, 6.45) is 42.5. The average Bonchev–Trinajstić information content (AvgIpc) is 2.97. The quantitative estimate of drug-likeness (QED) is 0.0569. The molecular weight excluding hydrogens is 506 g/mol. The Bertz CT molecular complexity index is 628. The maximum atomic E-state index is 12.2. The number of aliphatic hydroxyl groups is 2. The van der Waals surface area contributed by atoms with Gasteiger partial charge in [-0.15, -0.1) is 0 Å². The van der Waals surface area contributed by atoms with Gasteiger partial charge in [0.1, 0.15) is 0 Å². The Morgan fingerprint density at radius 3 is 1.49 bits per heavy atom. The van der Waals surface area contributed by atoms with Crippen LogP contribution >= 0.6 is 0 Å². The smallest absolute Gasteiger partial charge is 0.220 e. The molecule has 0 aromatic rings. The van der Waals surface area contributed by atoms with Gasteiger partial charge in [0.15, 0.2) is 0 Å². The van der Waals surface area contributed by atoms with Crippen molar-refractivity contribution in [2.45, 2.75) is 187 Å². The average molecular weight is 576 g/mol. The van der Waals surface area contributed by atoms with E-state index in [1.807, 2.05) is 6.08 Å². The van der Waals surface area contributed by atoms with Crippen molar-refractivity contribution in [3.8, 4) is 0 Å². The van der Waals surface area contributed by atoms with Gasteiger partial charge in [0.05, 0.1) is 18.8 Å². The topological polar surface area (TPSA) is 69.6 Å². The number of hydrogen-bond donors (Lipinski definition) is 3. The predicted molar refractivity (Wildman–Crippen MR) is 179 cm³/mol. The largest absolute Gasteiger partial charge is 0.394 e. The van der Waals surface area contributed by atoms with Crippen LogP contribution < -0.4 is 5.32 Å². The van der Waals surface area contributed by atoms with E-state index in [4.69, 9.17) is 0 Å². The Balaban J connectivity index is 3.51. The first-order valence-electron chi connectivity index (χ1n) is 17.7. The van der Waals surface area contributed by atoms with Crippen molar-refractivity contribution in [1.82, 2.24) is 5.32 Å². The van der Waals surface area contributed by atoms with E-state index in [1.54, 1.807) is 6.08 Å². The molecule has 0 aliphatic heterocycles. The molecule has 0 aliphatic rings. The Morgan fingerprint density at radius 2 is 1.00 bits per heavy atom. The molecule has 0 rings (SSSR count). The Kier molecular flexibility index (Phi) is 32.0. The highest BCUT2D eigenvalue weighted by molar-refractivity contribution is 5.76. The monoisotopic (exact) mass is 576 g/mol. The van der Waals surface area contributed by atoms with Crippen LogP contribution in [0, 0.1) is 0 Å². The normalized spacial score (nSPS) is 13.6. The number of carbonyl (C=O) groups excluding carboxylic acids is 1. The molecule has 0 aromatic carbocycles. The van der Waals surface area contributed by atoms with E-state index in [0.29, 0.717) is 6.42 Å². The molecule has 3 N–H and O–H groups in total. The number of unbranched alkanes of at least 4 members (excludes halogenated alkanes) is 20. The molecular formula is C37H69NO3. The third kappa shape index (κ3) is 29.9. The molecule has 4 heteroatoms. The first-order chi connectivity index (χ1) is 20.2. The predicted octanol–water partition coefficient (Wildman–Crippen LogP) is 10.3. The molecule has 0 saturated carbocycles. The maximum absolute atomic E-state index is 12.2. The lowest BCUT2D eigenvalue weighted by atomic mass is 10.0. The van der Waals surface area contributed by atoms with E-state index in [0.717, 1.165) is 32.1 Å². The Hall–Kier alpha value is -1.39. The van der Waals surface area contributed by atoms with E-state index in [1.165, 1.54) is 122 Å². The standard InChI is InChI=1S/C37H69NO3/c1-3-5-7-9-11-12-13-14-15-16-17-18-19-20-21-22-23-24-25-26-27-29-31-33-37(41)38-35(34-39)36(40)32-30-28-10-8-6-4-2/h13-14,16-17,30,32,35-36,39-40H,3-12,15,18-29,31,33-34H2,1-2H3,(H,38,41)/b14-13-,17-16-,32-30+. The number of hydrogen-bond acceptors (Lipinski definition) is 3. The van der Waals surface area contributed by atoms with Gasteiger partial charge in [0.25, 0.3) is 0 Å². The molecule has 0 radical (unpaired) electrons. The third-order valence-corrected chi connectivity index (χ3v) is 7.87. The molecule has 0 spiro atoms. The van der Waals surface area contributed by atoms with E-state index >= 15 is 0 Å². The van der Waals surface area contributed by atoms with Gasteiger partial charge in [-0.3, -0.25) is 4.79 Å². The summed E-state index contributed by atoms with van der Waals surface area (Å²) in [4.78, 5) is 12.2. The van der Waals surface area contributed by atoms with Crippen LogP contribution in [-0.4, -0.2) is 34.9 Å². The molecule has 2 unspecified atom stereocenters. The van der Waals surface area contributed by atoms with Crippen LogP contribution in [0.3, 0.4) is 0 Å². The van der Waals surface area contributed by atoms with Gasteiger partial charge in [-0.2, -0.15) is 0 Å². The summed E-state index contributed by atoms with van der Waals surface area (Å²) in [5.74, 6) is -0.0738. The van der Waals surface area contributed by atoms with Gasteiger partial charge >= 0.3 is 0 Å². The van der Waals surface area contributed by atoms with Crippen LogP contribution in [0.1, 0.15) is 174 Å². The molecule has 0 saturated heterocycles. The lowest BCUT2D eigenvalue weighted by Crippen LogP contribution is -2.45. The fraction of sp³-hybridized carbons (Fsp3) is 0.811. The molecule has 240 valence electrons. The van der Waals surface area contributed by atoms with Crippen molar-refractivity contribution in [3.63, 3.8) is 0 Å². The molecule has 0 heterocycles. The van der Waals surface area contributed by atoms with Gasteiger partial charge in [0, 0.05) is 6.42 Å². The zero-order valence-electron chi connectivity index (χ0n) is 27.3. The number of aliphatic hydroxyl groups excluding tert-OH is 2. The highest BCUT2D eigenvalue weighted by atomic mass is 16.3. The van der Waals surface area contributed by atoms with Crippen molar-refractivity contribution < 1.29 is 15.0 Å². The van der Waals surface area contributed by atoms with Crippen LogP contribution in [0.4, 0.5) is 0 Å². The maximum Gasteiger partial charge on any atom is 0.220 e. The van der Waals surface area contributed by atoms with Gasteiger partial charge < -0.3 is 15.5 Å². The Labute approximate surface area is 255 Å². The van der Waals surface area contributed by atoms with Crippen LogP contribution in [0.2, 0.25) is 0 Å². The molecule has 0 aliphatic carbocycles.